The summed E-state index contributed by atoms with van der Waals surface area (Å²) in [6.45, 7) is 6.68. The van der Waals surface area contributed by atoms with Crippen molar-refractivity contribution >= 4 is 21.9 Å². The monoisotopic (exact) mass is 300 g/mol. The van der Waals surface area contributed by atoms with E-state index in [-0.39, 0.29) is 5.41 Å². The Morgan fingerprint density at radius 1 is 0.652 bits per heavy atom. The van der Waals surface area contributed by atoms with E-state index in [9.17, 15) is 0 Å². The molecule has 0 atom stereocenters. The Morgan fingerprint density at radius 2 is 1.43 bits per heavy atom. The number of fused-ring (bicyclic) bond motifs is 3. The third-order valence-corrected chi connectivity index (χ3v) is 4.44. The fourth-order valence-corrected chi connectivity index (χ4v) is 3.05. The van der Waals surface area contributed by atoms with Gasteiger partial charge in [0.25, 0.3) is 0 Å². The average Bonchev–Trinajstić information content (AvgIpc) is 2.91. The number of hydrogen-bond acceptors (Lipinski definition) is 1. The fraction of sp³-hybridized carbons (Fsp3) is 0.182. The summed E-state index contributed by atoms with van der Waals surface area (Å²) >= 11 is 0. The topological polar surface area (TPSA) is 13.1 Å². The molecule has 1 heteroatoms. The van der Waals surface area contributed by atoms with Gasteiger partial charge >= 0.3 is 0 Å². The first kappa shape index (κ1) is 14.1. The van der Waals surface area contributed by atoms with Gasteiger partial charge in [0.1, 0.15) is 11.2 Å². The van der Waals surface area contributed by atoms with Crippen molar-refractivity contribution < 1.29 is 4.42 Å². The van der Waals surface area contributed by atoms with E-state index in [0.29, 0.717) is 0 Å². The van der Waals surface area contributed by atoms with Crippen LogP contribution in [-0.4, -0.2) is 0 Å². The molecule has 0 radical (unpaired) electrons. The second-order valence-electron chi connectivity index (χ2n) is 7.14. The van der Waals surface area contributed by atoms with Crippen LogP contribution < -0.4 is 0 Å². The highest BCUT2D eigenvalue weighted by Crippen LogP contribution is 2.34. The summed E-state index contributed by atoms with van der Waals surface area (Å²) in [6, 6.07) is 23.5. The van der Waals surface area contributed by atoms with Crippen LogP contribution >= 0.6 is 0 Å². The largest absolute Gasteiger partial charge is 0.456 e. The maximum atomic E-state index is 6.08. The normalized spacial score (nSPS) is 12.1. The van der Waals surface area contributed by atoms with E-state index in [4.69, 9.17) is 4.42 Å². The van der Waals surface area contributed by atoms with E-state index in [1.54, 1.807) is 0 Å². The van der Waals surface area contributed by atoms with E-state index in [1.165, 1.54) is 27.5 Å². The number of hydrogen-bond donors (Lipinski definition) is 0. The predicted octanol–water partition coefficient (Wildman–Crippen LogP) is 6.55. The van der Waals surface area contributed by atoms with Crippen molar-refractivity contribution in [3.05, 3.63) is 72.3 Å². The molecule has 23 heavy (non-hydrogen) atoms. The first-order chi connectivity index (χ1) is 11.0. The van der Waals surface area contributed by atoms with Gasteiger partial charge in [-0.25, -0.2) is 0 Å². The standard InChI is InChI=1S/C22H20O/c1-22(2,3)17-10-11-18-19-13-16(15-7-5-4-6-8-15)9-12-20(19)23-21(18)14-17/h4-14H,1-3H3. The van der Waals surface area contributed by atoms with Gasteiger partial charge in [-0.3, -0.25) is 0 Å². The summed E-state index contributed by atoms with van der Waals surface area (Å²) < 4.78 is 6.08. The third-order valence-electron chi connectivity index (χ3n) is 4.44. The van der Waals surface area contributed by atoms with Crippen LogP contribution in [0, 0.1) is 0 Å². The third kappa shape index (κ3) is 2.43. The second kappa shape index (κ2) is 4.99. The zero-order valence-electron chi connectivity index (χ0n) is 13.8. The van der Waals surface area contributed by atoms with Crippen LogP contribution in [0.3, 0.4) is 0 Å². The van der Waals surface area contributed by atoms with Gasteiger partial charge in [0.2, 0.25) is 0 Å². The van der Waals surface area contributed by atoms with Crippen LogP contribution in [0.2, 0.25) is 0 Å². The Labute approximate surface area is 136 Å². The zero-order valence-corrected chi connectivity index (χ0v) is 13.8. The number of rotatable bonds is 1. The van der Waals surface area contributed by atoms with Crippen molar-refractivity contribution in [3.8, 4) is 11.1 Å². The molecule has 4 aromatic rings. The second-order valence-corrected chi connectivity index (χ2v) is 7.14. The van der Waals surface area contributed by atoms with E-state index in [2.05, 4.69) is 81.4 Å². The summed E-state index contributed by atoms with van der Waals surface area (Å²) in [5, 5.41) is 2.37. The Morgan fingerprint density at radius 3 is 2.17 bits per heavy atom. The Balaban J connectivity index is 1.93. The summed E-state index contributed by atoms with van der Waals surface area (Å²) in [7, 11) is 0. The molecule has 0 bridgehead atoms. The molecule has 0 amide bonds. The van der Waals surface area contributed by atoms with E-state index in [0.717, 1.165) is 11.2 Å². The van der Waals surface area contributed by atoms with Gasteiger partial charge in [0.15, 0.2) is 0 Å². The maximum Gasteiger partial charge on any atom is 0.135 e. The van der Waals surface area contributed by atoms with Crippen LogP contribution in [0.15, 0.2) is 71.1 Å². The molecule has 1 nitrogen and oxygen atoms in total. The van der Waals surface area contributed by atoms with Crippen LogP contribution in [0.1, 0.15) is 26.3 Å². The van der Waals surface area contributed by atoms with E-state index in [1.807, 2.05) is 6.07 Å². The molecular formula is C22H20O. The zero-order chi connectivity index (χ0) is 16.0. The van der Waals surface area contributed by atoms with Gasteiger partial charge < -0.3 is 4.42 Å². The number of furan rings is 1. The molecule has 1 heterocycles. The average molecular weight is 300 g/mol. The van der Waals surface area contributed by atoms with Gasteiger partial charge in [0.05, 0.1) is 0 Å². The molecule has 0 spiro atoms. The van der Waals surface area contributed by atoms with Crippen molar-refractivity contribution in [2.75, 3.05) is 0 Å². The fourth-order valence-electron chi connectivity index (χ4n) is 3.05. The smallest absolute Gasteiger partial charge is 0.135 e. The van der Waals surface area contributed by atoms with Crippen LogP contribution in [0.4, 0.5) is 0 Å². The van der Waals surface area contributed by atoms with Gasteiger partial charge in [-0.15, -0.1) is 0 Å². The van der Waals surface area contributed by atoms with Gasteiger partial charge in [0, 0.05) is 10.8 Å². The molecule has 0 saturated heterocycles. The first-order valence-electron chi connectivity index (χ1n) is 8.04. The molecule has 0 N–H and O–H groups in total. The summed E-state index contributed by atoms with van der Waals surface area (Å²) in [5.74, 6) is 0. The molecule has 114 valence electrons. The van der Waals surface area contributed by atoms with Gasteiger partial charge in [-0.1, -0.05) is 69.3 Å². The van der Waals surface area contributed by atoms with Crippen LogP contribution in [-0.2, 0) is 5.41 Å². The van der Waals surface area contributed by atoms with Crippen molar-refractivity contribution in [2.45, 2.75) is 26.2 Å². The highest BCUT2D eigenvalue weighted by molar-refractivity contribution is 6.06. The van der Waals surface area contributed by atoms with Gasteiger partial charge in [-0.2, -0.15) is 0 Å². The molecule has 0 aliphatic heterocycles. The molecule has 0 aliphatic rings. The van der Waals surface area contributed by atoms with Crippen molar-refractivity contribution in [1.82, 2.24) is 0 Å². The molecule has 0 unspecified atom stereocenters. The Bertz CT molecular complexity index is 985. The minimum atomic E-state index is 0.127. The molecule has 0 saturated carbocycles. The molecule has 1 aromatic heterocycles. The van der Waals surface area contributed by atoms with Gasteiger partial charge in [-0.05, 0) is 40.3 Å². The van der Waals surface area contributed by atoms with Crippen LogP contribution in [0.5, 0.6) is 0 Å². The lowest BCUT2D eigenvalue weighted by Crippen LogP contribution is -2.10. The first-order valence-corrected chi connectivity index (χ1v) is 8.04. The maximum absolute atomic E-state index is 6.08. The summed E-state index contributed by atoms with van der Waals surface area (Å²) in [5.41, 5.74) is 5.80. The Kier molecular flexibility index (Phi) is 3.05. The number of benzene rings is 3. The quantitative estimate of drug-likeness (QED) is 0.388. The predicted molar refractivity (Wildman–Crippen MR) is 97.9 cm³/mol. The SMILES string of the molecule is CC(C)(C)c1ccc2c(c1)oc1ccc(-c3ccccc3)cc12. The minimum Gasteiger partial charge on any atom is -0.456 e. The van der Waals surface area contributed by atoms with Crippen molar-refractivity contribution in [2.24, 2.45) is 0 Å². The van der Waals surface area contributed by atoms with E-state index >= 15 is 0 Å². The molecule has 3 aromatic carbocycles. The van der Waals surface area contributed by atoms with E-state index < -0.39 is 0 Å². The molecule has 0 aliphatic carbocycles. The van der Waals surface area contributed by atoms with Crippen molar-refractivity contribution in [1.29, 1.82) is 0 Å². The summed E-state index contributed by atoms with van der Waals surface area (Å²) in [4.78, 5) is 0. The Hall–Kier alpha value is -2.54. The lowest BCUT2D eigenvalue weighted by atomic mass is 9.86. The molecule has 0 fully saturated rings. The lowest BCUT2D eigenvalue weighted by Gasteiger charge is -2.18. The van der Waals surface area contributed by atoms with Crippen molar-refractivity contribution in [3.63, 3.8) is 0 Å². The molecular weight excluding hydrogens is 280 g/mol. The van der Waals surface area contributed by atoms with Crippen LogP contribution in [0.25, 0.3) is 33.1 Å². The highest BCUT2D eigenvalue weighted by Gasteiger charge is 2.16. The molecule has 4 rings (SSSR count). The minimum absolute atomic E-state index is 0.127. The summed E-state index contributed by atoms with van der Waals surface area (Å²) in [6.07, 6.45) is 0. The lowest BCUT2D eigenvalue weighted by molar-refractivity contribution is 0.587. The highest BCUT2D eigenvalue weighted by atomic mass is 16.3.